The van der Waals surface area contributed by atoms with Crippen LogP contribution in [0.4, 0.5) is 5.69 Å². The van der Waals surface area contributed by atoms with Gasteiger partial charge in [-0.15, -0.1) is 0 Å². The number of carbonyl (C=O) groups excluding carboxylic acids is 2. The highest BCUT2D eigenvalue weighted by Gasteiger charge is 2.33. The molecule has 0 heterocycles. The molecular weight excluding hydrogens is 420 g/mol. The molecule has 6 heteroatoms. The fraction of sp³-hybridized carbons (Fsp3) is 0.364. The third-order valence-electron chi connectivity index (χ3n) is 5.10. The summed E-state index contributed by atoms with van der Waals surface area (Å²) in [6, 6.07) is 15.2. The second-order valence-corrected chi connectivity index (χ2v) is 7.89. The zero-order chi connectivity index (χ0) is 19.9. The van der Waals surface area contributed by atoms with Gasteiger partial charge in [-0.1, -0.05) is 49.6 Å². The van der Waals surface area contributed by atoms with Crippen LogP contribution in [-0.4, -0.2) is 35.6 Å². The lowest BCUT2D eigenvalue weighted by atomic mass is 9.95. The highest BCUT2D eigenvalue weighted by molar-refractivity contribution is 9.10. The number of rotatable bonds is 6. The van der Waals surface area contributed by atoms with Crippen LogP contribution in [0, 0.1) is 0 Å². The van der Waals surface area contributed by atoms with Crippen LogP contribution in [0.3, 0.4) is 0 Å². The second kappa shape index (κ2) is 9.85. The third kappa shape index (κ3) is 4.80. The van der Waals surface area contributed by atoms with Gasteiger partial charge in [-0.25, -0.2) is 0 Å². The summed E-state index contributed by atoms with van der Waals surface area (Å²) in [5.41, 5.74) is 1.01. The fourth-order valence-corrected chi connectivity index (χ4v) is 4.07. The van der Waals surface area contributed by atoms with E-state index in [1.807, 2.05) is 24.3 Å². The molecule has 1 atom stereocenters. The predicted octanol–water partition coefficient (Wildman–Crippen LogP) is 3.91. The molecule has 2 aromatic rings. The second-order valence-electron chi connectivity index (χ2n) is 7.03. The lowest BCUT2D eigenvalue weighted by Gasteiger charge is -2.32. The number of amides is 2. The maximum Gasteiger partial charge on any atom is 0.260 e. The van der Waals surface area contributed by atoms with E-state index in [1.165, 1.54) is 11.3 Å². The molecule has 1 unspecified atom stereocenters. The molecule has 2 N–H and O–H groups in total. The summed E-state index contributed by atoms with van der Waals surface area (Å²) in [4.78, 5) is 27.8. The van der Waals surface area contributed by atoms with E-state index in [4.69, 9.17) is 0 Å². The van der Waals surface area contributed by atoms with Crippen molar-refractivity contribution in [2.45, 2.75) is 44.2 Å². The van der Waals surface area contributed by atoms with Crippen molar-refractivity contribution in [1.82, 2.24) is 5.32 Å². The Morgan fingerprint density at radius 2 is 1.68 bits per heavy atom. The molecule has 0 spiro atoms. The first kappa shape index (κ1) is 20.6. The minimum absolute atomic E-state index is 0.103. The number of nitrogens with zero attached hydrogens (tertiary/aromatic N) is 1. The van der Waals surface area contributed by atoms with Crippen molar-refractivity contribution in [1.29, 1.82) is 0 Å². The van der Waals surface area contributed by atoms with E-state index >= 15 is 0 Å². The number of carbonyl (C=O) groups is 2. The number of aliphatic hydroxyl groups excluding tert-OH is 1. The summed E-state index contributed by atoms with van der Waals surface area (Å²) in [6.07, 6.45) is 5.24. The van der Waals surface area contributed by atoms with E-state index in [9.17, 15) is 14.7 Å². The molecule has 0 saturated heterocycles. The molecule has 1 aliphatic rings. The fourth-order valence-electron chi connectivity index (χ4n) is 3.62. The quantitative estimate of drug-likeness (QED) is 0.709. The molecule has 5 nitrogen and oxygen atoms in total. The van der Waals surface area contributed by atoms with E-state index in [1.54, 1.807) is 30.3 Å². The summed E-state index contributed by atoms with van der Waals surface area (Å²) < 4.78 is 0.644. The van der Waals surface area contributed by atoms with Gasteiger partial charge < -0.3 is 10.4 Å². The Morgan fingerprint density at radius 1 is 1.04 bits per heavy atom. The van der Waals surface area contributed by atoms with Gasteiger partial charge in [0, 0.05) is 16.2 Å². The SMILES string of the molecule is O=C(NC1CCCCC1)C(CO)N(C(=O)c1ccccc1Br)c1ccccc1. The minimum atomic E-state index is -0.996. The number of nitrogens with one attached hydrogen (secondary N) is 1. The molecule has 0 aromatic heterocycles. The van der Waals surface area contributed by atoms with Gasteiger partial charge in [0.2, 0.25) is 5.91 Å². The van der Waals surface area contributed by atoms with Crippen LogP contribution in [0.15, 0.2) is 59.1 Å². The largest absolute Gasteiger partial charge is 0.394 e. The van der Waals surface area contributed by atoms with Crippen molar-refractivity contribution in [3.8, 4) is 0 Å². The molecule has 1 fully saturated rings. The molecule has 2 aromatic carbocycles. The Hall–Kier alpha value is -2.18. The Bertz CT molecular complexity index is 806. The summed E-state index contributed by atoms with van der Waals surface area (Å²) in [5, 5.41) is 13.1. The van der Waals surface area contributed by atoms with Gasteiger partial charge in [0.05, 0.1) is 12.2 Å². The van der Waals surface area contributed by atoms with Crippen molar-refractivity contribution in [3.63, 3.8) is 0 Å². The summed E-state index contributed by atoms with van der Waals surface area (Å²) in [7, 11) is 0. The Labute approximate surface area is 173 Å². The van der Waals surface area contributed by atoms with Crippen LogP contribution >= 0.6 is 15.9 Å². The number of halogens is 1. The molecular formula is C22H25BrN2O3. The average molecular weight is 445 g/mol. The molecule has 2 amide bonds. The molecule has 1 aliphatic carbocycles. The molecule has 0 bridgehead atoms. The maximum absolute atomic E-state index is 13.4. The number of para-hydroxylation sites is 1. The van der Waals surface area contributed by atoms with Gasteiger partial charge >= 0.3 is 0 Å². The van der Waals surface area contributed by atoms with E-state index < -0.39 is 12.6 Å². The van der Waals surface area contributed by atoms with Gasteiger partial charge in [-0.05, 0) is 53.0 Å². The summed E-state index contributed by atoms with van der Waals surface area (Å²) in [6.45, 7) is -0.455. The van der Waals surface area contributed by atoms with Gasteiger partial charge in [0.1, 0.15) is 6.04 Å². The van der Waals surface area contributed by atoms with Crippen molar-refractivity contribution in [2.24, 2.45) is 0 Å². The Kier molecular flexibility index (Phi) is 7.23. The summed E-state index contributed by atoms with van der Waals surface area (Å²) in [5.74, 6) is -0.657. The van der Waals surface area contributed by atoms with Crippen LogP contribution in [0.5, 0.6) is 0 Å². The molecule has 0 aliphatic heterocycles. The smallest absolute Gasteiger partial charge is 0.260 e. The van der Waals surface area contributed by atoms with Gasteiger partial charge in [-0.2, -0.15) is 0 Å². The number of benzene rings is 2. The third-order valence-corrected chi connectivity index (χ3v) is 5.79. The highest BCUT2D eigenvalue weighted by atomic mass is 79.9. The van der Waals surface area contributed by atoms with Crippen molar-refractivity contribution >= 4 is 33.4 Å². The molecule has 3 rings (SSSR count). The minimum Gasteiger partial charge on any atom is -0.394 e. The predicted molar refractivity (Wildman–Crippen MR) is 113 cm³/mol. The van der Waals surface area contributed by atoms with Gasteiger partial charge in [0.15, 0.2) is 0 Å². The van der Waals surface area contributed by atoms with E-state index in [-0.39, 0.29) is 17.9 Å². The van der Waals surface area contributed by atoms with Crippen LogP contribution in [-0.2, 0) is 4.79 Å². The van der Waals surface area contributed by atoms with Crippen molar-refractivity contribution in [2.75, 3.05) is 11.5 Å². The monoisotopic (exact) mass is 444 g/mol. The topological polar surface area (TPSA) is 69.6 Å². The van der Waals surface area contributed by atoms with E-state index in [0.717, 1.165) is 25.7 Å². The van der Waals surface area contributed by atoms with Crippen LogP contribution in [0.2, 0.25) is 0 Å². The number of hydrogen-bond acceptors (Lipinski definition) is 3. The zero-order valence-corrected chi connectivity index (χ0v) is 17.3. The van der Waals surface area contributed by atoms with Crippen molar-refractivity contribution in [3.05, 3.63) is 64.6 Å². The first-order valence-corrected chi connectivity index (χ1v) is 10.5. The van der Waals surface area contributed by atoms with E-state index in [0.29, 0.717) is 15.7 Å². The standard InChI is InChI=1S/C22H25BrN2O3/c23-19-14-8-7-13-18(19)22(28)25(17-11-5-2-6-12-17)20(15-26)21(27)24-16-9-3-1-4-10-16/h2,5-8,11-14,16,20,26H,1,3-4,9-10,15H2,(H,24,27). The summed E-state index contributed by atoms with van der Waals surface area (Å²) >= 11 is 3.41. The average Bonchev–Trinajstić information content (AvgIpc) is 2.73. The first-order chi connectivity index (χ1) is 13.6. The first-order valence-electron chi connectivity index (χ1n) is 9.66. The number of aliphatic hydroxyl groups is 1. The number of hydrogen-bond donors (Lipinski definition) is 2. The number of anilines is 1. The molecule has 0 radical (unpaired) electrons. The lowest BCUT2D eigenvalue weighted by molar-refractivity contribution is -0.124. The van der Waals surface area contributed by atoms with E-state index in [2.05, 4.69) is 21.2 Å². The highest BCUT2D eigenvalue weighted by Crippen LogP contribution is 2.25. The molecule has 28 heavy (non-hydrogen) atoms. The zero-order valence-electron chi connectivity index (χ0n) is 15.7. The van der Waals surface area contributed by atoms with Crippen molar-refractivity contribution < 1.29 is 14.7 Å². The Morgan fingerprint density at radius 3 is 2.32 bits per heavy atom. The van der Waals surface area contributed by atoms with Gasteiger partial charge in [-0.3, -0.25) is 14.5 Å². The molecule has 148 valence electrons. The van der Waals surface area contributed by atoms with Gasteiger partial charge in [0.25, 0.3) is 5.91 Å². The maximum atomic E-state index is 13.4. The normalized spacial score (nSPS) is 15.6. The van der Waals surface area contributed by atoms with Crippen LogP contribution in [0.25, 0.3) is 0 Å². The van der Waals surface area contributed by atoms with Crippen LogP contribution < -0.4 is 10.2 Å². The Balaban J connectivity index is 1.91. The van der Waals surface area contributed by atoms with Crippen LogP contribution in [0.1, 0.15) is 42.5 Å². The molecule has 1 saturated carbocycles. The lowest BCUT2D eigenvalue weighted by Crippen LogP contribution is -2.54.